The van der Waals surface area contributed by atoms with Gasteiger partial charge < -0.3 is 4.18 Å². The minimum atomic E-state index is -4.04. The van der Waals surface area contributed by atoms with Crippen LogP contribution in [0.25, 0.3) is 5.57 Å². The first-order valence-electron chi connectivity index (χ1n) is 6.55. The number of ketones is 1. The summed E-state index contributed by atoms with van der Waals surface area (Å²) in [4.78, 5) is 12.1. The van der Waals surface area contributed by atoms with Gasteiger partial charge in [-0.2, -0.15) is 13.6 Å². The van der Waals surface area contributed by atoms with Gasteiger partial charge in [0.05, 0.1) is 0 Å². The molecule has 0 bridgehead atoms. The fraction of sp³-hybridized carbons (Fsp3) is 0.357. The number of carbonyl (C=O) groups is 1. The third kappa shape index (κ3) is 2.48. The monoisotopic (exact) mass is 293 g/mol. The van der Waals surface area contributed by atoms with E-state index in [9.17, 15) is 13.2 Å². The van der Waals surface area contributed by atoms with Crippen LogP contribution in [0.15, 0.2) is 23.8 Å². The first kappa shape index (κ1) is 13.3. The van der Waals surface area contributed by atoms with Crippen LogP contribution < -0.4 is 9.32 Å². The zero-order valence-electron chi connectivity index (χ0n) is 10.9. The van der Waals surface area contributed by atoms with Crippen molar-refractivity contribution in [3.63, 3.8) is 0 Å². The van der Waals surface area contributed by atoms with Crippen LogP contribution in [0, 0.1) is 0 Å². The van der Waals surface area contributed by atoms with Crippen molar-refractivity contribution in [3.8, 4) is 5.75 Å². The predicted octanol–water partition coefficient (Wildman–Crippen LogP) is 1.72. The number of rotatable bonds is 2. The average molecular weight is 293 g/mol. The van der Waals surface area contributed by atoms with Crippen LogP contribution in [0.4, 0.5) is 0 Å². The normalized spacial score (nSPS) is 18.6. The summed E-state index contributed by atoms with van der Waals surface area (Å²) in [5.41, 5.74) is 3.92. The number of hydrogen-bond acceptors (Lipinski definition) is 4. The molecule has 0 amide bonds. The maximum atomic E-state index is 12.1. The van der Waals surface area contributed by atoms with E-state index >= 15 is 0 Å². The molecule has 0 atom stereocenters. The van der Waals surface area contributed by atoms with E-state index in [1.54, 1.807) is 12.1 Å². The van der Waals surface area contributed by atoms with Gasteiger partial charge in [0, 0.05) is 6.42 Å². The van der Waals surface area contributed by atoms with Crippen LogP contribution in [-0.2, 0) is 21.5 Å². The van der Waals surface area contributed by atoms with E-state index in [0.29, 0.717) is 6.42 Å². The summed E-state index contributed by atoms with van der Waals surface area (Å²) in [7, 11) is -4.04. The Bertz CT molecular complexity index is 719. The largest absolute Gasteiger partial charge is 0.380 e. The molecule has 6 heteroatoms. The van der Waals surface area contributed by atoms with Gasteiger partial charge in [-0.25, -0.2) is 0 Å². The second kappa shape index (κ2) is 4.71. The highest BCUT2D eigenvalue weighted by Crippen LogP contribution is 2.39. The van der Waals surface area contributed by atoms with Gasteiger partial charge in [-0.3, -0.25) is 4.79 Å². The van der Waals surface area contributed by atoms with Gasteiger partial charge >= 0.3 is 10.3 Å². The van der Waals surface area contributed by atoms with E-state index < -0.39 is 10.3 Å². The lowest BCUT2D eigenvalue weighted by atomic mass is 9.78. The molecule has 1 aromatic rings. The summed E-state index contributed by atoms with van der Waals surface area (Å²) in [5.74, 6) is 0.291. The molecule has 0 unspecified atom stereocenters. The van der Waals surface area contributed by atoms with E-state index in [1.807, 2.05) is 6.07 Å². The minimum Gasteiger partial charge on any atom is -0.371 e. The van der Waals surface area contributed by atoms with Gasteiger partial charge in [-0.05, 0) is 60.1 Å². The SMILES string of the molecule is NS(=O)(=O)Oc1ccc2c(c1)CC(=O)C1=C2CCCC1. The second-order valence-electron chi connectivity index (χ2n) is 5.16. The molecule has 2 aliphatic carbocycles. The Morgan fingerprint density at radius 1 is 1.10 bits per heavy atom. The lowest BCUT2D eigenvalue weighted by Gasteiger charge is -2.26. The molecule has 0 aromatic heterocycles. The molecule has 0 radical (unpaired) electrons. The van der Waals surface area contributed by atoms with Crippen molar-refractivity contribution in [2.24, 2.45) is 5.14 Å². The smallest absolute Gasteiger partial charge is 0.371 e. The van der Waals surface area contributed by atoms with Crippen LogP contribution in [0.3, 0.4) is 0 Å². The van der Waals surface area contributed by atoms with Gasteiger partial charge in [0.2, 0.25) is 0 Å². The van der Waals surface area contributed by atoms with Gasteiger partial charge in [-0.15, -0.1) is 0 Å². The minimum absolute atomic E-state index is 0.139. The molecule has 3 rings (SSSR count). The van der Waals surface area contributed by atoms with Gasteiger partial charge in [0.15, 0.2) is 5.78 Å². The van der Waals surface area contributed by atoms with E-state index in [4.69, 9.17) is 5.14 Å². The molecule has 106 valence electrons. The van der Waals surface area contributed by atoms with Crippen molar-refractivity contribution < 1.29 is 17.4 Å². The van der Waals surface area contributed by atoms with E-state index in [-0.39, 0.29) is 11.5 Å². The fourth-order valence-corrected chi connectivity index (χ4v) is 3.36. The van der Waals surface area contributed by atoms with E-state index in [0.717, 1.165) is 48.0 Å². The maximum Gasteiger partial charge on any atom is 0.380 e. The summed E-state index contributed by atoms with van der Waals surface area (Å²) in [6.45, 7) is 0. The van der Waals surface area contributed by atoms with Crippen molar-refractivity contribution in [2.75, 3.05) is 0 Å². The number of nitrogens with two attached hydrogens (primary N) is 1. The Balaban J connectivity index is 2.04. The topological polar surface area (TPSA) is 86.5 Å². The van der Waals surface area contributed by atoms with Crippen LogP contribution in [0.2, 0.25) is 0 Å². The van der Waals surface area contributed by atoms with Crippen molar-refractivity contribution in [1.29, 1.82) is 0 Å². The lowest BCUT2D eigenvalue weighted by Crippen LogP contribution is -2.20. The highest BCUT2D eigenvalue weighted by atomic mass is 32.2. The highest BCUT2D eigenvalue weighted by Gasteiger charge is 2.27. The summed E-state index contributed by atoms with van der Waals surface area (Å²) in [6, 6.07) is 5.00. The second-order valence-corrected chi connectivity index (χ2v) is 6.31. The molecule has 5 nitrogen and oxygen atoms in total. The Hall–Kier alpha value is -1.66. The molecular weight excluding hydrogens is 278 g/mol. The van der Waals surface area contributed by atoms with Crippen molar-refractivity contribution in [3.05, 3.63) is 34.9 Å². The Labute approximate surface area is 117 Å². The van der Waals surface area contributed by atoms with Gasteiger partial charge in [-0.1, -0.05) is 6.07 Å². The highest BCUT2D eigenvalue weighted by molar-refractivity contribution is 7.84. The molecule has 0 aliphatic heterocycles. The number of carbonyl (C=O) groups excluding carboxylic acids is 1. The molecule has 0 saturated heterocycles. The molecule has 0 heterocycles. The molecule has 0 saturated carbocycles. The number of benzene rings is 1. The molecule has 1 aromatic carbocycles. The molecule has 0 fully saturated rings. The summed E-state index contributed by atoms with van der Waals surface area (Å²) in [5, 5.41) is 4.85. The zero-order chi connectivity index (χ0) is 14.3. The van der Waals surface area contributed by atoms with Crippen molar-refractivity contribution >= 4 is 21.7 Å². The van der Waals surface area contributed by atoms with Crippen molar-refractivity contribution in [1.82, 2.24) is 0 Å². The van der Waals surface area contributed by atoms with Crippen LogP contribution >= 0.6 is 0 Å². The van der Waals surface area contributed by atoms with Crippen LogP contribution in [0.5, 0.6) is 5.75 Å². The Kier molecular flexibility index (Phi) is 3.14. The van der Waals surface area contributed by atoms with E-state index in [1.165, 1.54) is 0 Å². The summed E-state index contributed by atoms with van der Waals surface area (Å²) in [6.07, 6.45) is 4.20. The number of Topliss-reactive ketones (excluding diaryl/α,β-unsaturated/α-hetero) is 1. The Morgan fingerprint density at radius 2 is 1.80 bits per heavy atom. The standard InChI is InChI=1S/C14H15NO4S/c15-20(17,18)19-10-5-6-11-9(7-10)8-14(16)13-4-2-1-3-12(11)13/h5-7H,1-4,8H2,(H2,15,17,18). The average Bonchev–Trinajstić information content (AvgIpc) is 2.37. The number of fused-ring (bicyclic) bond motifs is 2. The molecule has 0 spiro atoms. The number of hydrogen-bond donors (Lipinski definition) is 1. The molecule has 2 aliphatic rings. The fourth-order valence-electron chi connectivity index (χ4n) is 2.99. The Morgan fingerprint density at radius 3 is 2.50 bits per heavy atom. The van der Waals surface area contributed by atoms with Gasteiger partial charge in [0.25, 0.3) is 0 Å². The van der Waals surface area contributed by atoms with Crippen molar-refractivity contribution in [2.45, 2.75) is 32.1 Å². The summed E-state index contributed by atoms with van der Waals surface area (Å²) < 4.78 is 26.5. The first-order chi connectivity index (χ1) is 9.44. The van der Waals surface area contributed by atoms with E-state index in [2.05, 4.69) is 4.18 Å². The molecular formula is C14H15NO4S. The van der Waals surface area contributed by atoms with Gasteiger partial charge in [0.1, 0.15) is 5.75 Å². The van der Waals surface area contributed by atoms with Crippen LogP contribution in [0.1, 0.15) is 36.8 Å². The maximum absolute atomic E-state index is 12.1. The quantitative estimate of drug-likeness (QED) is 0.899. The molecule has 20 heavy (non-hydrogen) atoms. The number of allylic oxidation sites excluding steroid dienone is 2. The van der Waals surface area contributed by atoms with Crippen LogP contribution in [-0.4, -0.2) is 14.2 Å². The molecule has 2 N–H and O–H groups in total. The zero-order valence-corrected chi connectivity index (χ0v) is 11.7. The third-order valence-corrected chi connectivity index (χ3v) is 4.19. The summed E-state index contributed by atoms with van der Waals surface area (Å²) >= 11 is 0. The lowest BCUT2D eigenvalue weighted by molar-refractivity contribution is -0.115. The first-order valence-corrected chi connectivity index (χ1v) is 8.02. The third-order valence-electron chi connectivity index (χ3n) is 3.77. The predicted molar refractivity (Wildman–Crippen MR) is 74.3 cm³/mol.